The van der Waals surface area contributed by atoms with E-state index in [0.29, 0.717) is 12.2 Å². The van der Waals surface area contributed by atoms with E-state index in [1.54, 1.807) is 6.92 Å². The highest BCUT2D eigenvalue weighted by molar-refractivity contribution is 6.33. The van der Waals surface area contributed by atoms with Crippen LogP contribution in [-0.4, -0.2) is 19.7 Å². The number of ether oxygens (including phenoxy) is 2. The minimum atomic E-state index is -0.555. The molecule has 0 aliphatic heterocycles. The van der Waals surface area contributed by atoms with E-state index in [0.717, 1.165) is 0 Å². The number of benzene rings is 1. The molecule has 0 saturated heterocycles. The van der Waals surface area contributed by atoms with Gasteiger partial charge in [-0.2, -0.15) is 0 Å². The van der Waals surface area contributed by atoms with E-state index >= 15 is 0 Å². The monoisotopic (exact) mass is 246 g/mol. The third-order valence-corrected chi connectivity index (χ3v) is 2.39. The molecule has 88 valence electrons. The Balaban J connectivity index is 2.93. The molecule has 0 bridgehead atoms. The van der Waals surface area contributed by atoms with Crippen LogP contribution in [0.4, 0.5) is 4.39 Å². The predicted molar refractivity (Wildman–Crippen MR) is 58.3 cm³/mol. The Bertz CT molecular complexity index is 393. The van der Waals surface area contributed by atoms with Gasteiger partial charge in [0.05, 0.1) is 25.2 Å². The first-order chi connectivity index (χ1) is 7.60. The summed E-state index contributed by atoms with van der Waals surface area (Å²) in [5.74, 6) is -1.01. The van der Waals surface area contributed by atoms with Gasteiger partial charge in [-0.1, -0.05) is 17.7 Å². The Morgan fingerprint density at radius 1 is 1.50 bits per heavy atom. The van der Waals surface area contributed by atoms with Gasteiger partial charge in [-0.25, -0.2) is 4.39 Å². The van der Waals surface area contributed by atoms with Gasteiger partial charge in [-0.15, -0.1) is 0 Å². The van der Waals surface area contributed by atoms with Crippen LogP contribution in [0.25, 0.3) is 0 Å². The third-order valence-electron chi connectivity index (χ3n) is 1.97. The molecule has 0 radical (unpaired) electrons. The maximum atomic E-state index is 13.2. The zero-order chi connectivity index (χ0) is 12.1. The minimum Gasteiger partial charge on any atom is -0.492 e. The average Bonchev–Trinajstić information content (AvgIpc) is 2.23. The lowest BCUT2D eigenvalue weighted by Crippen LogP contribution is -2.08. The van der Waals surface area contributed by atoms with Crippen molar-refractivity contribution < 1.29 is 18.7 Å². The number of methoxy groups -OCH3 is 1. The summed E-state index contributed by atoms with van der Waals surface area (Å²) in [4.78, 5) is 11.2. The van der Waals surface area contributed by atoms with Gasteiger partial charge in [-0.05, 0) is 18.6 Å². The Labute approximate surface area is 98.1 Å². The summed E-state index contributed by atoms with van der Waals surface area (Å²) in [5.41, 5.74) is 0.485. The molecule has 3 nitrogen and oxygen atoms in total. The summed E-state index contributed by atoms with van der Waals surface area (Å²) in [6, 6.07) is 2.65. The molecule has 1 rings (SSSR count). The second kappa shape index (κ2) is 5.70. The summed E-state index contributed by atoms with van der Waals surface area (Å²) in [7, 11) is 1.32. The summed E-state index contributed by atoms with van der Waals surface area (Å²) in [5, 5.41) is 0.107. The van der Waals surface area contributed by atoms with Gasteiger partial charge in [0.15, 0.2) is 11.6 Å². The van der Waals surface area contributed by atoms with Gasteiger partial charge < -0.3 is 9.47 Å². The van der Waals surface area contributed by atoms with E-state index in [1.807, 2.05) is 0 Å². The van der Waals surface area contributed by atoms with Crippen LogP contribution in [0.1, 0.15) is 12.5 Å². The van der Waals surface area contributed by atoms with Crippen LogP contribution < -0.4 is 4.74 Å². The molecule has 1 aromatic rings. The van der Waals surface area contributed by atoms with Crippen LogP contribution in [0, 0.1) is 5.82 Å². The Hall–Kier alpha value is -1.29. The molecule has 0 atom stereocenters. The maximum absolute atomic E-state index is 13.2. The molecule has 16 heavy (non-hydrogen) atoms. The molecule has 1 aromatic carbocycles. The first-order valence-electron chi connectivity index (χ1n) is 4.76. The summed E-state index contributed by atoms with van der Waals surface area (Å²) in [6.45, 7) is 2.01. The smallest absolute Gasteiger partial charge is 0.310 e. The number of carbonyl (C=O) groups is 1. The zero-order valence-electron chi connectivity index (χ0n) is 9.05. The Morgan fingerprint density at radius 3 is 2.75 bits per heavy atom. The van der Waals surface area contributed by atoms with Crippen LogP contribution in [-0.2, 0) is 16.0 Å². The molecule has 0 aliphatic carbocycles. The largest absolute Gasteiger partial charge is 0.492 e. The van der Waals surface area contributed by atoms with Gasteiger partial charge in [-0.3, -0.25) is 4.79 Å². The number of halogens is 2. The molecule has 0 heterocycles. The van der Waals surface area contributed by atoms with Crippen molar-refractivity contribution in [3.05, 3.63) is 28.5 Å². The highest BCUT2D eigenvalue weighted by atomic mass is 35.5. The highest BCUT2D eigenvalue weighted by Gasteiger charge is 2.15. The second-order valence-electron chi connectivity index (χ2n) is 3.04. The highest BCUT2D eigenvalue weighted by Crippen LogP contribution is 2.31. The van der Waals surface area contributed by atoms with E-state index in [9.17, 15) is 9.18 Å². The van der Waals surface area contributed by atoms with Crippen molar-refractivity contribution >= 4 is 17.6 Å². The molecule has 0 saturated carbocycles. The van der Waals surface area contributed by atoms with Crippen molar-refractivity contribution in [2.24, 2.45) is 0 Å². The molecular formula is C11H12ClFO3. The summed E-state index contributed by atoms with van der Waals surface area (Å²) < 4.78 is 22.8. The van der Waals surface area contributed by atoms with Crippen molar-refractivity contribution in [1.29, 1.82) is 0 Å². The van der Waals surface area contributed by atoms with Gasteiger partial charge in [0.25, 0.3) is 0 Å². The van der Waals surface area contributed by atoms with Crippen LogP contribution in [0.3, 0.4) is 0 Å². The third kappa shape index (κ3) is 2.85. The number of esters is 1. The standard InChI is InChI=1S/C11H12ClFO3/c1-3-16-9(14)6-7-4-5-8(13)11(15-2)10(7)12/h4-5H,3,6H2,1-2H3. The molecule has 0 N–H and O–H groups in total. The lowest BCUT2D eigenvalue weighted by Gasteiger charge is -2.09. The van der Waals surface area contributed by atoms with Gasteiger partial charge in [0.1, 0.15) is 0 Å². The average molecular weight is 247 g/mol. The summed E-state index contributed by atoms with van der Waals surface area (Å²) >= 11 is 5.89. The minimum absolute atomic E-state index is 0.00329. The predicted octanol–water partition coefficient (Wildman–Crippen LogP) is 2.59. The molecule has 0 spiro atoms. The van der Waals surface area contributed by atoms with Crippen molar-refractivity contribution in [2.45, 2.75) is 13.3 Å². The normalized spacial score (nSPS) is 10.0. The van der Waals surface area contributed by atoms with E-state index < -0.39 is 11.8 Å². The fraction of sp³-hybridized carbons (Fsp3) is 0.364. The van der Waals surface area contributed by atoms with Crippen LogP contribution in [0.15, 0.2) is 12.1 Å². The lowest BCUT2D eigenvalue weighted by molar-refractivity contribution is -0.142. The molecule has 0 fully saturated rings. The molecular weight excluding hydrogens is 235 g/mol. The van der Waals surface area contributed by atoms with Crippen molar-refractivity contribution in [3.63, 3.8) is 0 Å². The molecule has 0 aliphatic rings. The van der Waals surface area contributed by atoms with Crippen molar-refractivity contribution in [3.8, 4) is 5.75 Å². The topological polar surface area (TPSA) is 35.5 Å². The molecule has 0 aromatic heterocycles. The van der Waals surface area contributed by atoms with E-state index in [1.165, 1.54) is 19.2 Å². The van der Waals surface area contributed by atoms with Crippen molar-refractivity contribution in [2.75, 3.05) is 13.7 Å². The van der Waals surface area contributed by atoms with Crippen LogP contribution in [0.2, 0.25) is 5.02 Å². The first kappa shape index (κ1) is 12.8. The summed E-state index contributed by atoms with van der Waals surface area (Å²) in [6.07, 6.45) is 0.00329. The number of rotatable bonds is 4. The SMILES string of the molecule is CCOC(=O)Cc1ccc(F)c(OC)c1Cl. The van der Waals surface area contributed by atoms with Crippen LogP contribution in [0.5, 0.6) is 5.75 Å². The first-order valence-corrected chi connectivity index (χ1v) is 5.14. The molecule has 0 unspecified atom stereocenters. The fourth-order valence-corrected chi connectivity index (χ4v) is 1.56. The Morgan fingerprint density at radius 2 is 2.19 bits per heavy atom. The van der Waals surface area contributed by atoms with Crippen molar-refractivity contribution in [1.82, 2.24) is 0 Å². The number of hydrogen-bond donors (Lipinski definition) is 0. The van der Waals surface area contributed by atoms with E-state index in [2.05, 4.69) is 0 Å². The van der Waals surface area contributed by atoms with Crippen LogP contribution >= 0.6 is 11.6 Å². The Kier molecular flexibility index (Phi) is 4.55. The quantitative estimate of drug-likeness (QED) is 0.766. The van der Waals surface area contributed by atoms with Gasteiger partial charge >= 0.3 is 5.97 Å². The van der Waals surface area contributed by atoms with E-state index in [4.69, 9.17) is 21.1 Å². The second-order valence-corrected chi connectivity index (χ2v) is 3.41. The fourth-order valence-electron chi connectivity index (χ4n) is 1.26. The lowest BCUT2D eigenvalue weighted by atomic mass is 10.1. The molecule has 0 amide bonds. The zero-order valence-corrected chi connectivity index (χ0v) is 9.81. The molecule has 5 heteroatoms. The maximum Gasteiger partial charge on any atom is 0.310 e. The van der Waals surface area contributed by atoms with E-state index in [-0.39, 0.29) is 17.2 Å². The number of carbonyl (C=O) groups excluding carboxylic acids is 1. The van der Waals surface area contributed by atoms with Gasteiger partial charge in [0.2, 0.25) is 0 Å². The van der Waals surface area contributed by atoms with Gasteiger partial charge in [0, 0.05) is 0 Å². The number of hydrogen-bond acceptors (Lipinski definition) is 3.